The van der Waals surface area contributed by atoms with E-state index in [1.54, 1.807) is 0 Å². The van der Waals surface area contributed by atoms with E-state index in [0.29, 0.717) is 0 Å². The van der Waals surface area contributed by atoms with Crippen molar-refractivity contribution in [1.29, 1.82) is 0 Å². The van der Waals surface area contributed by atoms with Crippen LogP contribution in [0, 0.1) is 0 Å². The van der Waals surface area contributed by atoms with E-state index >= 15 is 0 Å². The number of hydrogen-bond acceptors (Lipinski definition) is 8. The number of ether oxygens (including phenoxy) is 3. The minimum atomic E-state index is -1.41. The molecule has 0 bridgehead atoms. The summed E-state index contributed by atoms with van der Waals surface area (Å²) in [6.07, 6.45) is -5.03. The maximum absolute atomic E-state index is 11.6. The second-order valence-corrected chi connectivity index (χ2v) is 4.52. The molecule has 2 N–H and O–H groups in total. The second kappa shape index (κ2) is 9.38. The highest BCUT2D eigenvalue weighted by Gasteiger charge is 2.27. The van der Waals surface area contributed by atoms with Crippen LogP contribution in [0.15, 0.2) is 0 Å². The summed E-state index contributed by atoms with van der Waals surface area (Å²) in [5.74, 6) is -5.59. The SMILES string of the molecule is C[C@H](OC(=O)[C@H](C)OC(=O)[C@H](C)OC(=O)CCC(=O)O)C(=O)O. The van der Waals surface area contributed by atoms with Gasteiger partial charge in [0.2, 0.25) is 0 Å². The molecule has 23 heavy (non-hydrogen) atoms. The minimum Gasteiger partial charge on any atom is -0.481 e. The fraction of sp³-hybridized carbons (Fsp3) is 0.615. The molecule has 0 fully saturated rings. The molecule has 0 unspecified atom stereocenters. The van der Waals surface area contributed by atoms with Crippen molar-refractivity contribution >= 4 is 29.8 Å². The lowest BCUT2D eigenvalue weighted by molar-refractivity contribution is -0.181. The van der Waals surface area contributed by atoms with Crippen LogP contribution in [-0.4, -0.2) is 58.4 Å². The number of hydrogen-bond donors (Lipinski definition) is 2. The van der Waals surface area contributed by atoms with Crippen LogP contribution in [0.4, 0.5) is 0 Å². The van der Waals surface area contributed by atoms with Crippen molar-refractivity contribution in [1.82, 2.24) is 0 Å². The van der Waals surface area contributed by atoms with E-state index in [4.69, 9.17) is 10.2 Å². The molecule has 0 aromatic rings. The van der Waals surface area contributed by atoms with E-state index in [1.165, 1.54) is 6.92 Å². The van der Waals surface area contributed by atoms with Gasteiger partial charge in [0.15, 0.2) is 18.3 Å². The van der Waals surface area contributed by atoms with Crippen molar-refractivity contribution in [3.05, 3.63) is 0 Å². The predicted octanol–water partition coefficient (Wildman–Crippen LogP) is -0.269. The molecule has 0 aliphatic rings. The van der Waals surface area contributed by atoms with Crippen molar-refractivity contribution < 1.29 is 48.4 Å². The molecule has 0 spiro atoms. The largest absolute Gasteiger partial charge is 0.481 e. The number of carbonyl (C=O) groups excluding carboxylic acids is 3. The van der Waals surface area contributed by atoms with Crippen molar-refractivity contribution in [3.8, 4) is 0 Å². The predicted molar refractivity (Wildman–Crippen MR) is 71.2 cm³/mol. The Balaban J connectivity index is 4.34. The Morgan fingerprint density at radius 3 is 1.61 bits per heavy atom. The Hall–Kier alpha value is -2.65. The molecule has 10 heteroatoms. The van der Waals surface area contributed by atoms with Crippen LogP contribution in [0.5, 0.6) is 0 Å². The van der Waals surface area contributed by atoms with Gasteiger partial charge < -0.3 is 24.4 Å². The molecular weight excluding hydrogens is 316 g/mol. The molecule has 0 radical (unpaired) electrons. The molecule has 0 heterocycles. The van der Waals surface area contributed by atoms with Gasteiger partial charge in [-0.25, -0.2) is 14.4 Å². The van der Waals surface area contributed by atoms with Gasteiger partial charge in [0.05, 0.1) is 12.8 Å². The third kappa shape index (κ3) is 8.39. The number of rotatable bonds is 9. The second-order valence-electron chi connectivity index (χ2n) is 4.52. The third-order valence-electron chi connectivity index (χ3n) is 2.45. The Kier molecular flexibility index (Phi) is 8.30. The first-order chi connectivity index (χ1) is 10.5. The molecule has 0 aromatic heterocycles. The fourth-order valence-corrected chi connectivity index (χ4v) is 1.15. The van der Waals surface area contributed by atoms with E-state index < -0.39 is 61.0 Å². The molecule has 0 aliphatic carbocycles. The highest BCUT2D eigenvalue weighted by atomic mass is 16.6. The molecule has 130 valence electrons. The molecule has 0 amide bonds. The molecule has 10 nitrogen and oxygen atoms in total. The summed E-state index contributed by atoms with van der Waals surface area (Å²) in [5, 5.41) is 17.0. The average Bonchev–Trinajstić information content (AvgIpc) is 2.44. The average molecular weight is 334 g/mol. The summed E-state index contributed by atoms with van der Waals surface area (Å²) in [7, 11) is 0. The summed E-state index contributed by atoms with van der Waals surface area (Å²) in [5.41, 5.74) is 0. The van der Waals surface area contributed by atoms with Crippen LogP contribution >= 0.6 is 0 Å². The Labute approximate surface area is 131 Å². The van der Waals surface area contributed by atoms with Gasteiger partial charge in [0.1, 0.15) is 0 Å². The van der Waals surface area contributed by atoms with Crippen molar-refractivity contribution in [2.75, 3.05) is 0 Å². The number of esters is 3. The summed E-state index contributed by atoms with van der Waals surface area (Å²) in [6, 6.07) is 0. The smallest absolute Gasteiger partial charge is 0.347 e. The number of carboxylic acids is 2. The van der Waals surface area contributed by atoms with Gasteiger partial charge >= 0.3 is 29.8 Å². The van der Waals surface area contributed by atoms with Crippen LogP contribution in [0.2, 0.25) is 0 Å². The highest BCUT2D eigenvalue weighted by molar-refractivity contribution is 5.84. The highest BCUT2D eigenvalue weighted by Crippen LogP contribution is 2.05. The Morgan fingerprint density at radius 1 is 0.739 bits per heavy atom. The van der Waals surface area contributed by atoms with Gasteiger partial charge in [-0.05, 0) is 20.8 Å². The van der Waals surface area contributed by atoms with E-state index in [9.17, 15) is 24.0 Å². The first kappa shape index (κ1) is 20.3. The van der Waals surface area contributed by atoms with E-state index in [-0.39, 0.29) is 0 Å². The Bertz CT molecular complexity index is 483. The quantitative estimate of drug-likeness (QED) is 0.425. The monoisotopic (exact) mass is 334 g/mol. The van der Waals surface area contributed by atoms with Gasteiger partial charge in [0, 0.05) is 0 Å². The molecule has 0 saturated heterocycles. The summed E-state index contributed by atoms with van der Waals surface area (Å²) < 4.78 is 13.8. The lowest BCUT2D eigenvalue weighted by Crippen LogP contribution is -2.35. The lowest BCUT2D eigenvalue weighted by Gasteiger charge is -2.17. The molecule has 3 atom stereocenters. The zero-order chi connectivity index (χ0) is 18.2. The van der Waals surface area contributed by atoms with E-state index in [1.807, 2.05) is 0 Å². The zero-order valence-corrected chi connectivity index (χ0v) is 12.8. The topological polar surface area (TPSA) is 154 Å². The summed E-state index contributed by atoms with van der Waals surface area (Å²) in [4.78, 5) is 55.2. The fourth-order valence-electron chi connectivity index (χ4n) is 1.15. The van der Waals surface area contributed by atoms with Crippen LogP contribution in [0.1, 0.15) is 33.6 Å². The zero-order valence-electron chi connectivity index (χ0n) is 12.8. The maximum atomic E-state index is 11.6. The normalized spacial score (nSPS) is 14.0. The first-order valence-electron chi connectivity index (χ1n) is 6.59. The van der Waals surface area contributed by atoms with Crippen LogP contribution < -0.4 is 0 Å². The van der Waals surface area contributed by atoms with Crippen molar-refractivity contribution in [2.24, 2.45) is 0 Å². The molecule has 0 saturated carbocycles. The van der Waals surface area contributed by atoms with Gasteiger partial charge in [-0.15, -0.1) is 0 Å². The molecule has 0 aromatic carbocycles. The van der Waals surface area contributed by atoms with E-state index in [0.717, 1.165) is 13.8 Å². The van der Waals surface area contributed by atoms with E-state index in [2.05, 4.69) is 14.2 Å². The van der Waals surface area contributed by atoms with Crippen LogP contribution in [0.25, 0.3) is 0 Å². The maximum Gasteiger partial charge on any atom is 0.347 e. The summed E-state index contributed by atoms with van der Waals surface area (Å²) >= 11 is 0. The van der Waals surface area contributed by atoms with Gasteiger partial charge in [0.25, 0.3) is 0 Å². The number of carboxylic acid groups (broad SMARTS) is 2. The van der Waals surface area contributed by atoms with Gasteiger partial charge in [-0.1, -0.05) is 0 Å². The van der Waals surface area contributed by atoms with Crippen molar-refractivity contribution in [3.63, 3.8) is 0 Å². The van der Waals surface area contributed by atoms with Crippen LogP contribution in [0.3, 0.4) is 0 Å². The molecule has 0 rings (SSSR count). The first-order valence-corrected chi connectivity index (χ1v) is 6.59. The molecular formula is C13H18O10. The van der Waals surface area contributed by atoms with Crippen LogP contribution in [-0.2, 0) is 38.2 Å². The lowest BCUT2D eigenvalue weighted by atomic mass is 10.3. The van der Waals surface area contributed by atoms with Gasteiger partial charge in [-0.3, -0.25) is 9.59 Å². The van der Waals surface area contributed by atoms with Crippen molar-refractivity contribution in [2.45, 2.75) is 51.9 Å². The standard InChI is InChI=1S/C13H18O10/c1-6(11(17)18)22-13(20)8(3)23-12(19)7(2)21-10(16)5-4-9(14)15/h6-8H,4-5H2,1-3H3,(H,14,15)(H,17,18)/t6-,7-,8-/m0/s1. The third-order valence-corrected chi connectivity index (χ3v) is 2.45. The Morgan fingerprint density at radius 2 is 1.17 bits per heavy atom. The molecule has 0 aliphatic heterocycles. The minimum absolute atomic E-state index is 0.416. The number of carbonyl (C=O) groups is 5. The number of aliphatic carboxylic acids is 2. The van der Waals surface area contributed by atoms with Gasteiger partial charge in [-0.2, -0.15) is 0 Å². The summed E-state index contributed by atoms with van der Waals surface area (Å²) in [6.45, 7) is 3.47.